The fourth-order valence-electron chi connectivity index (χ4n) is 3.11. The maximum atomic E-state index is 11.4. The van der Waals surface area contributed by atoms with E-state index in [9.17, 15) is 13.5 Å². The molecule has 0 aliphatic rings. The van der Waals surface area contributed by atoms with Crippen molar-refractivity contribution in [2.45, 2.75) is 36.3 Å². The Hall–Kier alpha value is -2.02. The zero-order valence-corrected chi connectivity index (χ0v) is 20.0. The Morgan fingerprint density at radius 3 is 2.77 bits per heavy atom. The molecular formula is C21H27AsN3O4S. The number of anilines is 1. The van der Waals surface area contributed by atoms with Gasteiger partial charge in [-0.3, -0.25) is 0 Å². The zero-order chi connectivity index (χ0) is 21.7. The van der Waals surface area contributed by atoms with E-state index in [1.165, 1.54) is 0 Å². The molecule has 2 aromatic carbocycles. The summed E-state index contributed by atoms with van der Waals surface area (Å²) in [5.41, 5.74) is 3.21. The van der Waals surface area contributed by atoms with E-state index in [-0.39, 0.29) is 15.8 Å². The van der Waals surface area contributed by atoms with Gasteiger partial charge in [0.05, 0.1) is 0 Å². The number of H-pyrrole nitrogens is 1. The van der Waals surface area contributed by atoms with Gasteiger partial charge in [-0.15, -0.1) is 0 Å². The van der Waals surface area contributed by atoms with E-state index < -0.39 is 16.1 Å². The second-order valence-electron chi connectivity index (χ2n) is 7.46. The second kappa shape index (κ2) is 9.86. The minimum atomic E-state index is -3.34. The SMILES string of the molecule is CC(C)c1[nH]nc2cc(OCC[As]CC(O)c3cccc(NS(C)(=O)=O)c3)ccc12. The molecule has 1 aromatic heterocycles. The molecule has 0 saturated carbocycles. The number of aliphatic hydroxyl groups excluding tert-OH is 1. The minimum absolute atomic E-state index is 0.0993. The van der Waals surface area contributed by atoms with Gasteiger partial charge in [-0.2, -0.15) is 0 Å². The summed E-state index contributed by atoms with van der Waals surface area (Å²) >= 11 is -0.0993. The van der Waals surface area contributed by atoms with Crippen LogP contribution in [0.2, 0.25) is 10.4 Å². The van der Waals surface area contributed by atoms with Crippen molar-refractivity contribution in [2.75, 3.05) is 17.6 Å². The van der Waals surface area contributed by atoms with Gasteiger partial charge in [0.2, 0.25) is 0 Å². The molecule has 3 rings (SSSR count). The number of aliphatic hydroxyl groups is 1. The predicted molar refractivity (Wildman–Crippen MR) is 121 cm³/mol. The Morgan fingerprint density at radius 2 is 2.03 bits per heavy atom. The first-order valence-electron chi connectivity index (χ1n) is 9.73. The fraction of sp³-hybridized carbons (Fsp3) is 0.381. The summed E-state index contributed by atoms with van der Waals surface area (Å²) in [6.07, 6.45) is 0.495. The summed E-state index contributed by atoms with van der Waals surface area (Å²) < 4.78 is 31.0. The van der Waals surface area contributed by atoms with Crippen LogP contribution in [-0.2, 0) is 10.0 Å². The van der Waals surface area contributed by atoms with Crippen molar-refractivity contribution < 1.29 is 18.3 Å². The van der Waals surface area contributed by atoms with Crippen LogP contribution in [0.5, 0.6) is 5.75 Å². The first-order chi connectivity index (χ1) is 14.2. The molecule has 30 heavy (non-hydrogen) atoms. The molecule has 0 spiro atoms. The zero-order valence-electron chi connectivity index (χ0n) is 17.3. The van der Waals surface area contributed by atoms with Crippen molar-refractivity contribution in [2.24, 2.45) is 0 Å². The van der Waals surface area contributed by atoms with E-state index in [1.54, 1.807) is 24.3 Å². The maximum absolute atomic E-state index is 11.4. The van der Waals surface area contributed by atoms with Gasteiger partial charge in [0.1, 0.15) is 0 Å². The molecular weight excluding hydrogens is 465 g/mol. The van der Waals surface area contributed by atoms with Crippen LogP contribution in [0.1, 0.15) is 37.1 Å². The third-order valence-corrected chi connectivity index (χ3v) is 7.45. The summed E-state index contributed by atoms with van der Waals surface area (Å²) in [7, 11) is -3.34. The molecule has 0 fully saturated rings. The summed E-state index contributed by atoms with van der Waals surface area (Å²) in [4.78, 5) is 0. The Kier molecular flexibility index (Phi) is 7.44. The Bertz CT molecular complexity index is 1100. The summed E-state index contributed by atoms with van der Waals surface area (Å²) in [6, 6.07) is 12.8. The number of fused-ring (bicyclic) bond motifs is 1. The fourth-order valence-corrected chi connectivity index (χ4v) is 5.47. The molecule has 1 radical (unpaired) electrons. The molecule has 3 N–H and O–H groups in total. The van der Waals surface area contributed by atoms with Gasteiger partial charge >= 0.3 is 184 Å². The molecule has 1 unspecified atom stereocenters. The van der Waals surface area contributed by atoms with Crippen LogP contribution < -0.4 is 9.46 Å². The van der Waals surface area contributed by atoms with Gasteiger partial charge in [-0.05, 0) is 0 Å². The van der Waals surface area contributed by atoms with Crippen LogP contribution in [-0.4, -0.2) is 52.3 Å². The number of nitrogens with zero attached hydrogens (tertiary/aromatic N) is 1. The number of aromatic nitrogens is 2. The molecule has 1 atom stereocenters. The van der Waals surface area contributed by atoms with Crippen LogP contribution in [0.15, 0.2) is 42.5 Å². The summed E-state index contributed by atoms with van der Waals surface area (Å²) in [6.45, 7) is 4.86. The second-order valence-corrected chi connectivity index (χ2v) is 11.9. The number of sulfonamides is 1. The Labute approximate surface area is 184 Å². The molecule has 3 aromatic rings. The first-order valence-corrected chi connectivity index (χ1v) is 14.3. The number of hydrogen-bond acceptors (Lipinski definition) is 5. The van der Waals surface area contributed by atoms with Gasteiger partial charge in [0, 0.05) is 0 Å². The van der Waals surface area contributed by atoms with Crippen molar-refractivity contribution in [3.8, 4) is 5.75 Å². The third kappa shape index (κ3) is 6.24. The van der Waals surface area contributed by atoms with Gasteiger partial charge in [0.25, 0.3) is 0 Å². The molecule has 1 heterocycles. The predicted octanol–water partition coefficient (Wildman–Crippen LogP) is 3.71. The van der Waals surface area contributed by atoms with E-state index in [0.717, 1.165) is 33.8 Å². The van der Waals surface area contributed by atoms with Crippen molar-refractivity contribution >= 4 is 42.4 Å². The van der Waals surface area contributed by atoms with Crippen LogP contribution in [0.4, 0.5) is 5.69 Å². The van der Waals surface area contributed by atoms with Crippen LogP contribution in [0.3, 0.4) is 0 Å². The van der Waals surface area contributed by atoms with E-state index in [2.05, 4.69) is 28.8 Å². The molecule has 161 valence electrons. The molecule has 0 amide bonds. The first kappa shape index (κ1) is 22.7. The summed E-state index contributed by atoms with van der Waals surface area (Å²) in [5.74, 6) is 1.19. The van der Waals surface area contributed by atoms with E-state index in [4.69, 9.17) is 4.74 Å². The van der Waals surface area contributed by atoms with E-state index in [1.807, 2.05) is 18.2 Å². The van der Waals surface area contributed by atoms with Crippen molar-refractivity contribution in [1.29, 1.82) is 0 Å². The average molecular weight is 492 g/mol. The topological polar surface area (TPSA) is 104 Å². The van der Waals surface area contributed by atoms with E-state index >= 15 is 0 Å². The molecule has 0 aliphatic carbocycles. The molecule has 0 bridgehead atoms. The molecule has 9 heteroatoms. The number of ether oxygens (including phenoxy) is 1. The van der Waals surface area contributed by atoms with Crippen LogP contribution in [0, 0.1) is 0 Å². The standard InChI is InChI=1S/C21H27AsN3O4S/c1-14(2)21-18-8-7-17(12-19(18)23-24-21)29-10-9-22-13-20(26)15-5-4-6-16(11-15)25-30(3,27)28/h4-8,11-12,14,20,25-26H,9-10,13H2,1-3H3,(H,23,24). The van der Waals surface area contributed by atoms with Crippen molar-refractivity contribution in [3.05, 3.63) is 53.7 Å². The number of hydrogen-bond donors (Lipinski definition) is 3. The Morgan fingerprint density at radius 1 is 1.23 bits per heavy atom. The van der Waals surface area contributed by atoms with Gasteiger partial charge in [-0.25, -0.2) is 0 Å². The summed E-state index contributed by atoms with van der Waals surface area (Å²) in [5, 5.41) is 20.6. The monoisotopic (exact) mass is 492 g/mol. The molecule has 0 aliphatic heterocycles. The number of aromatic amines is 1. The number of nitrogens with one attached hydrogen (secondary N) is 2. The van der Waals surface area contributed by atoms with Gasteiger partial charge < -0.3 is 0 Å². The molecule has 0 saturated heterocycles. The molecule has 7 nitrogen and oxygen atoms in total. The van der Waals surface area contributed by atoms with Gasteiger partial charge in [0.15, 0.2) is 0 Å². The van der Waals surface area contributed by atoms with E-state index in [0.29, 0.717) is 29.0 Å². The quantitative estimate of drug-likeness (QED) is 0.296. The van der Waals surface area contributed by atoms with Crippen LogP contribution in [0.25, 0.3) is 10.9 Å². The van der Waals surface area contributed by atoms with Crippen LogP contribution >= 0.6 is 0 Å². The average Bonchev–Trinajstić information content (AvgIpc) is 3.10. The number of benzene rings is 2. The normalized spacial score (nSPS) is 13.4. The van der Waals surface area contributed by atoms with Crippen molar-refractivity contribution in [1.82, 2.24) is 10.2 Å². The van der Waals surface area contributed by atoms with Gasteiger partial charge in [-0.1, -0.05) is 0 Å². The number of rotatable bonds is 10. The van der Waals surface area contributed by atoms with Crippen molar-refractivity contribution in [3.63, 3.8) is 0 Å². The third-order valence-electron chi connectivity index (χ3n) is 4.53. The Balaban J connectivity index is 1.46.